The van der Waals surface area contributed by atoms with E-state index in [4.69, 9.17) is 4.74 Å². The Hall–Kier alpha value is -3.09. The van der Waals surface area contributed by atoms with E-state index in [9.17, 15) is 9.18 Å². The molecule has 6 nitrogen and oxygen atoms in total. The maximum atomic E-state index is 13.8. The summed E-state index contributed by atoms with van der Waals surface area (Å²) in [6.07, 6.45) is 3.10. The van der Waals surface area contributed by atoms with E-state index in [2.05, 4.69) is 15.6 Å². The van der Waals surface area contributed by atoms with Gasteiger partial charge in [-0.2, -0.15) is 0 Å². The molecule has 32 heavy (non-hydrogen) atoms. The average Bonchev–Trinajstić information content (AvgIpc) is 2.82. The minimum absolute atomic E-state index is 0.0969. The molecule has 1 unspecified atom stereocenters. The zero-order valence-electron chi connectivity index (χ0n) is 18.9. The van der Waals surface area contributed by atoms with Crippen LogP contribution >= 0.6 is 0 Å². The van der Waals surface area contributed by atoms with Crippen molar-refractivity contribution in [3.8, 4) is 5.75 Å². The monoisotopic (exact) mass is 440 g/mol. The lowest BCUT2D eigenvalue weighted by atomic mass is 10.1. The highest BCUT2D eigenvalue weighted by atomic mass is 19.1. The lowest BCUT2D eigenvalue weighted by Crippen LogP contribution is -2.41. The molecule has 1 saturated heterocycles. The molecule has 0 bridgehead atoms. The molecule has 1 aliphatic rings. The van der Waals surface area contributed by atoms with E-state index >= 15 is 0 Å². The Morgan fingerprint density at radius 3 is 2.66 bits per heavy atom. The van der Waals surface area contributed by atoms with Gasteiger partial charge in [0.25, 0.3) is 5.91 Å². The van der Waals surface area contributed by atoms with Gasteiger partial charge in [0.15, 0.2) is 17.5 Å². The number of carbonyl (C=O) groups excluding carboxylic acids is 1. The third-order valence-corrected chi connectivity index (χ3v) is 5.30. The Bertz CT molecular complexity index is 912. The van der Waals surface area contributed by atoms with Gasteiger partial charge in [-0.3, -0.25) is 4.79 Å². The van der Waals surface area contributed by atoms with Gasteiger partial charge in [0.05, 0.1) is 13.1 Å². The highest BCUT2D eigenvalue weighted by Gasteiger charge is 2.18. The summed E-state index contributed by atoms with van der Waals surface area (Å²) in [6, 6.07) is 14.1. The molecule has 0 aliphatic carbocycles. The lowest BCUT2D eigenvalue weighted by Gasteiger charge is -2.26. The number of piperidine rings is 1. The third kappa shape index (κ3) is 6.97. The molecule has 7 heteroatoms. The number of likely N-dealkylation sites (tertiary alicyclic amines) is 1. The van der Waals surface area contributed by atoms with E-state index in [1.54, 1.807) is 18.2 Å². The lowest BCUT2D eigenvalue weighted by molar-refractivity contribution is 0.0724. The smallest absolute Gasteiger partial charge is 0.253 e. The van der Waals surface area contributed by atoms with Gasteiger partial charge in [-0.1, -0.05) is 24.3 Å². The number of guanidine groups is 1. The average molecular weight is 441 g/mol. The number of ether oxygens (including phenoxy) is 1. The number of carbonyl (C=O) groups is 1. The third-order valence-electron chi connectivity index (χ3n) is 5.30. The maximum absolute atomic E-state index is 13.8. The summed E-state index contributed by atoms with van der Waals surface area (Å²) in [5, 5.41) is 6.44. The molecule has 0 aromatic heterocycles. The fourth-order valence-electron chi connectivity index (χ4n) is 3.63. The van der Waals surface area contributed by atoms with Gasteiger partial charge in [0.1, 0.15) is 6.10 Å². The van der Waals surface area contributed by atoms with Gasteiger partial charge < -0.3 is 20.3 Å². The Morgan fingerprint density at radius 2 is 1.91 bits per heavy atom. The van der Waals surface area contributed by atoms with Crippen molar-refractivity contribution in [3.05, 3.63) is 65.5 Å². The van der Waals surface area contributed by atoms with Crippen LogP contribution in [-0.4, -0.2) is 49.0 Å². The molecular weight excluding hydrogens is 407 g/mol. The molecule has 1 heterocycles. The Morgan fingerprint density at radius 1 is 1.12 bits per heavy atom. The first-order chi connectivity index (χ1) is 15.6. The second-order valence-corrected chi connectivity index (χ2v) is 7.99. The standard InChI is InChI=1S/C25H33FN4O2/c1-3-27-25(28-17-19(2)32-23-13-6-5-12-22(23)26)29-18-20-10-9-11-21(16-20)24(31)30-14-7-4-8-15-30/h5-6,9-13,16,19H,3-4,7-8,14-15,17-18H2,1-2H3,(H2,27,28,29). The van der Waals surface area contributed by atoms with Crippen LogP contribution in [0.2, 0.25) is 0 Å². The SMILES string of the molecule is CCNC(=NCc1cccc(C(=O)N2CCCCC2)c1)NCC(C)Oc1ccccc1F. The van der Waals surface area contributed by atoms with E-state index in [1.165, 1.54) is 12.5 Å². The van der Waals surface area contributed by atoms with Crippen LogP contribution in [0.25, 0.3) is 0 Å². The number of hydrogen-bond acceptors (Lipinski definition) is 3. The minimum Gasteiger partial charge on any atom is -0.486 e. The van der Waals surface area contributed by atoms with Gasteiger partial charge in [-0.25, -0.2) is 9.38 Å². The van der Waals surface area contributed by atoms with Crippen LogP contribution in [0.5, 0.6) is 5.75 Å². The maximum Gasteiger partial charge on any atom is 0.253 e. The second kappa shape index (κ2) is 12.1. The van der Waals surface area contributed by atoms with Crippen molar-refractivity contribution in [2.24, 2.45) is 4.99 Å². The molecule has 0 radical (unpaired) electrons. The number of halogens is 1. The number of amides is 1. The summed E-state index contributed by atoms with van der Waals surface area (Å²) in [5.74, 6) is 0.599. The van der Waals surface area contributed by atoms with Gasteiger partial charge in [-0.15, -0.1) is 0 Å². The van der Waals surface area contributed by atoms with Crippen molar-refractivity contribution in [3.63, 3.8) is 0 Å². The van der Waals surface area contributed by atoms with Crippen LogP contribution in [-0.2, 0) is 6.54 Å². The van der Waals surface area contributed by atoms with Crippen LogP contribution in [0.4, 0.5) is 4.39 Å². The second-order valence-electron chi connectivity index (χ2n) is 7.99. The highest BCUT2D eigenvalue weighted by molar-refractivity contribution is 5.94. The molecule has 1 atom stereocenters. The molecule has 0 saturated carbocycles. The first-order valence-electron chi connectivity index (χ1n) is 11.4. The van der Waals surface area contributed by atoms with Crippen LogP contribution in [0, 0.1) is 5.82 Å². The number of aliphatic imine (C=N–C) groups is 1. The molecule has 3 rings (SSSR count). The van der Waals surface area contributed by atoms with Crippen molar-refractivity contribution in [1.29, 1.82) is 0 Å². The first-order valence-corrected chi connectivity index (χ1v) is 11.4. The molecule has 2 aromatic rings. The zero-order chi connectivity index (χ0) is 22.8. The van der Waals surface area contributed by atoms with Crippen molar-refractivity contribution in [1.82, 2.24) is 15.5 Å². The molecule has 0 spiro atoms. The molecule has 2 N–H and O–H groups in total. The predicted octanol–water partition coefficient (Wildman–Crippen LogP) is 3.97. The minimum atomic E-state index is -0.376. The van der Waals surface area contributed by atoms with Crippen molar-refractivity contribution >= 4 is 11.9 Å². The van der Waals surface area contributed by atoms with Crippen LogP contribution in [0.1, 0.15) is 49.0 Å². The van der Waals surface area contributed by atoms with Crippen molar-refractivity contribution in [2.45, 2.75) is 45.8 Å². The van der Waals surface area contributed by atoms with Crippen LogP contribution < -0.4 is 15.4 Å². The summed E-state index contributed by atoms with van der Waals surface area (Å²) in [5.41, 5.74) is 1.69. The largest absolute Gasteiger partial charge is 0.486 e. The highest BCUT2D eigenvalue weighted by Crippen LogP contribution is 2.17. The van der Waals surface area contributed by atoms with E-state index in [0.717, 1.165) is 31.5 Å². The van der Waals surface area contributed by atoms with Gasteiger partial charge in [-0.05, 0) is 62.9 Å². The van der Waals surface area contributed by atoms with E-state index in [0.29, 0.717) is 31.2 Å². The molecular formula is C25H33FN4O2. The Labute approximate surface area is 189 Å². The molecule has 172 valence electrons. The number of rotatable bonds is 8. The molecule has 2 aromatic carbocycles. The van der Waals surface area contributed by atoms with E-state index in [1.807, 2.05) is 43.0 Å². The number of benzene rings is 2. The fourth-order valence-corrected chi connectivity index (χ4v) is 3.63. The van der Waals surface area contributed by atoms with Gasteiger partial charge in [0, 0.05) is 25.2 Å². The summed E-state index contributed by atoms with van der Waals surface area (Å²) < 4.78 is 19.5. The number of hydrogen-bond donors (Lipinski definition) is 2. The molecule has 1 amide bonds. The summed E-state index contributed by atoms with van der Waals surface area (Å²) in [6.45, 7) is 7.16. The fraction of sp³-hybridized carbons (Fsp3) is 0.440. The predicted molar refractivity (Wildman–Crippen MR) is 126 cm³/mol. The molecule has 1 aliphatic heterocycles. The van der Waals surface area contributed by atoms with Crippen LogP contribution in [0.3, 0.4) is 0 Å². The first kappa shape index (κ1) is 23.6. The van der Waals surface area contributed by atoms with E-state index < -0.39 is 0 Å². The normalized spacial score (nSPS) is 15.2. The summed E-state index contributed by atoms with van der Waals surface area (Å²) >= 11 is 0. The van der Waals surface area contributed by atoms with Crippen molar-refractivity contribution < 1.29 is 13.9 Å². The Balaban J connectivity index is 1.57. The van der Waals surface area contributed by atoms with Crippen molar-refractivity contribution in [2.75, 3.05) is 26.2 Å². The Kier molecular flexibility index (Phi) is 8.90. The number of para-hydroxylation sites is 1. The number of nitrogens with zero attached hydrogens (tertiary/aromatic N) is 2. The summed E-state index contributed by atoms with van der Waals surface area (Å²) in [7, 11) is 0. The topological polar surface area (TPSA) is 66.0 Å². The summed E-state index contributed by atoms with van der Waals surface area (Å²) in [4.78, 5) is 19.3. The van der Waals surface area contributed by atoms with Crippen LogP contribution in [0.15, 0.2) is 53.5 Å². The van der Waals surface area contributed by atoms with Gasteiger partial charge in [0.2, 0.25) is 0 Å². The quantitative estimate of drug-likeness (QED) is 0.482. The molecule has 1 fully saturated rings. The zero-order valence-corrected chi connectivity index (χ0v) is 18.9. The van der Waals surface area contributed by atoms with Gasteiger partial charge >= 0.3 is 0 Å². The van der Waals surface area contributed by atoms with E-state index in [-0.39, 0.29) is 23.6 Å². The number of nitrogens with one attached hydrogen (secondary N) is 2.